The van der Waals surface area contributed by atoms with Crippen molar-refractivity contribution in [1.29, 1.82) is 0 Å². The van der Waals surface area contributed by atoms with Crippen LogP contribution in [0.5, 0.6) is 34.5 Å². The molecule has 0 spiro atoms. The fourth-order valence-corrected chi connectivity index (χ4v) is 18.2. The summed E-state index contributed by atoms with van der Waals surface area (Å²) in [4.78, 5) is 146. The van der Waals surface area contributed by atoms with E-state index in [1.807, 2.05) is 67.8 Å². The summed E-state index contributed by atoms with van der Waals surface area (Å²) in [5, 5.41) is 14.7. The molecule has 51 heteroatoms. The molecule has 0 unspecified atom stereocenters. The Bertz CT molecular complexity index is 8250. The number of carbonyl (C=O) groups is 1. The van der Waals surface area contributed by atoms with E-state index in [2.05, 4.69) is 14.8 Å². The van der Waals surface area contributed by atoms with Gasteiger partial charge < -0.3 is 67.3 Å². The van der Waals surface area contributed by atoms with Crippen LogP contribution in [0.3, 0.4) is 0 Å². The van der Waals surface area contributed by atoms with Gasteiger partial charge in [-0.2, -0.15) is 21.6 Å². The smallest absolute Gasteiger partial charge is 0.507 e. The van der Waals surface area contributed by atoms with Crippen LogP contribution in [0.1, 0.15) is 76.9 Å². The molecule has 3 N–H and O–H groups in total. The third-order valence-corrected chi connectivity index (χ3v) is 26.6. The SMILES string of the molecule is Cc1c(F)cccc1Oc1cc(=O)n(C)c(Nc2ccc(I)cc2F)c1C(=O)NC[C@H]1COC(C)(C)O1.Cc1c(F)cccc1Oc1cc(=O)n(C)c2c1c(=O)n(C[C@H]1COC(C)(C)O1)c(=O)n2-c1ccc(I)cc1F.Cn1c(=O)cc(O)c2c(=O)n(C[C@H]3COC(C)(C)O3)c(=O)n(-c3ccc(I)cc3F)c21.Cn1c(=O)cc(OS(=O)(=O)C(F)(F)F)c2c(=O)n(C[C@H]3COC(C)(C)O3)c(=O)n(-c3ccc(I)cc3F)c21. The molecule has 770 valence electrons. The van der Waals surface area contributed by atoms with Crippen molar-refractivity contribution in [2.24, 2.45) is 28.2 Å². The van der Waals surface area contributed by atoms with Gasteiger partial charge in [0.2, 0.25) is 0 Å². The average Bonchev–Trinajstić information content (AvgIpc) is 1.58. The number of benzene rings is 6. The van der Waals surface area contributed by atoms with Crippen LogP contribution in [0.4, 0.5) is 51.0 Å². The second-order valence-corrected chi connectivity index (χ2v) is 41.5. The first-order valence-electron chi connectivity index (χ1n) is 43.4. The van der Waals surface area contributed by atoms with Crippen molar-refractivity contribution in [3.8, 4) is 51.6 Å². The number of aryl methyl sites for hydroxylation is 3. The Morgan fingerprint density at radius 3 is 1.13 bits per heavy atom. The Kier molecular flexibility index (Phi) is 31.8. The highest BCUT2D eigenvalue weighted by Gasteiger charge is 2.50. The predicted molar refractivity (Wildman–Crippen MR) is 541 cm³/mol. The number of aromatic hydroxyl groups is 1. The number of aromatic nitrogens is 10. The lowest BCUT2D eigenvalue weighted by Gasteiger charge is -2.21. The van der Waals surface area contributed by atoms with Crippen molar-refractivity contribution in [2.75, 3.05) is 38.3 Å². The van der Waals surface area contributed by atoms with Crippen LogP contribution < -0.4 is 80.3 Å². The van der Waals surface area contributed by atoms with Gasteiger partial charge in [-0.05, 0) is 257 Å². The fourth-order valence-electron chi connectivity index (χ4n) is 15.9. The van der Waals surface area contributed by atoms with Crippen LogP contribution in [0.15, 0.2) is 181 Å². The number of rotatable bonds is 20. The summed E-state index contributed by atoms with van der Waals surface area (Å²) in [5.74, 6) is -10.3. The fraction of sp³-hybridized carbons (Fsp3) is 0.330. The van der Waals surface area contributed by atoms with Gasteiger partial charge in [-0.15, -0.1) is 0 Å². The molecule has 4 aliphatic heterocycles. The van der Waals surface area contributed by atoms with E-state index in [4.69, 9.17) is 47.4 Å². The quantitative estimate of drug-likeness (QED) is 0.0276. The topological polar surface area (TPSA) is 417 Å². The van der Waals surface area contributed by atoms with Gasteiger partial charge in [0.1, 0.15) is 133 Å². The predicted octanol–water partition coefficient (Wildman–Crippen LogP) is 12.4. The highest BCUT2D eigenvalue weighted by atomic mass is 127. The van der Waals surface area contributed by atoms with Crippen LogP contribution in [-0.4, -0.2) is 151 Å². The summed E-state index contributed by atoms with van der Waals surface area (Å²) in [7, 11) is -1.14. The van der Waals surface area contributed by atoms with E-state index in [0.29, 0.717) is 34.0 Å². The van der Waals surface area contributed by atoms with E-state index in [1.165, 1.54) is 118 Å². The molecule has 4 saturated heterocycles. The Balaban J connectivity index is 0.000000154. The molecular weight excluding hydrogens is 2410 g/mol. The van der Waals surface area contributed by atoms with Crippen molar-refractivity contribution in [1.82, 2.24) is 51.0 Å². The molecule has 4 fully saturated rings. The number of halogens is 13. The second-order valence-electron chi connectivity index (χ2n) is 35.0. The van der Waals surface area contributed by atoms with E-state index >= 15 is 8.78 Å². The maximum Gasteiger partial charge on any atom is 0.534 e. The maximum absolute atomic E-state index is 15.3. The van der Waals surface area contributed by atoms with Crippen LogP contribution in [-0.2, 0) is 95.8 Å². The summed E-state index contributed by atoms with van der Waals surface area (Å²) in [5.41, 5.74) is -16.2. The van der Waals surface area contributed by atoms with E-state index in [1.54, 1.807) is 96.2 Å². The van der Waals surface area contributed by atoms with Gasteiger partial charge >= 0.3 is 32.7 Å². The number of fused-ring (bicyclic) bond motifs is 3. The monoisotopic (exact) mass is 2490 g/mol. The minimum atomic E-state index is -6.34. The first-order chi connectivity index (χ1) is 67.8. The Morgan fingerprint density at radius 1 is 0.428 bits per heavy atom. The average molecular weight is 2500 g/mol. The number of pyridine rings is 4. The minimum Gasteiger partial charge on any atom is -0.507 e. The van der Waals surface area contributed by atoms with Crippen LogP contribution in [0.25, 0.3) is 50.2 Å². The third-order valence-electron chi connectivity index (χ3n) is 23.0. The molecule has 7 aromatic heterocycles. The Morgan fingerprint density at radius 2 is 0.759 bits per heavy atom. The largest absolute Gasteiger partial charge is 0.534 e. The molecule has 0 saturated carbocycles. The molecular formula is C94H87F9I4N12O25S. The summed E-state index contributed by atoms with van der Waals surface area (Å²) < 4.78 is 223. The van der Waals surface area contributed by atoms with Crippen molar-refractivity contribution in [3.05, 3.63) is 303 Å². The van der Waals surface area contributed by atoms with Crippen LogP contribution >= 0.6 is 90.4 Å². The summed E-state index contributed by atoms with van der Waals surface area (Å²) in [6.07, 6.45) is -2.55. The maximum atomic E-state index is 15.3. The Hall–Kier alpha value is -11.7. The number of amides is 1. The molecule has 13 aromatic rings. The number of anilines is 2. The summed E-state index contributed by atoms with van der Waals surface area (Å²) >= 11 is 7.63. The summed E-state index contributed by atoms with van der Waals surface area (Å²) in [6.45, 7) is 16.2. The number of hydrogen-bond acceptors (Lipinski definition) is 26. The lowest BCUT2D eigenvalue weighted by molar-refractivity contribution is -0.140. The van der Waals surface area contributed by atoms with Crippen LogP contribution in [0.2, 0.25) is 0 Å². The number of alkyl halides is 3. The van der Waals surface area contributed by atoms with Gasteiger partial charge in [0.15, 0.2) is 28.9 Å². The lowest BCUT2D eigenvalue weighted by Crippen LogP contribution is -2.44. The molecule has 11 heterocycles. The third kappa shape index (κ3) is 23.2. The zero-order valence-electron chi connectivity index (χ0n) is 78.7. The summed E-state index contributed by atoms with van der Waals surface area (Å²) in [6, 6.07) is 28.3. The number of hydrogen-bond donors (Lipinski definition) is 3. The van der Waals surface area contributed by atoms with Gasteiger partial charge in [-0.3, -0.25) is 70.3 Å². The van der Waals surface area contributed by atoms with Gasteiger partial charge in [-0.25, -0.2) is 54.4 Å². The van der Waals surface area contributed by atoms with Gasteiger partial charge in [0.25, 0.3) is 44.8 Å². The normalized spacial score (nSPS) is 17.2. The number of ether oxygens (including phenoxy) is 10. The molecule has 0 radical (unpaired) electrons. The highest BCUT2D eigenvalue weighted by molar-refractivity contribution is 14.1. The molecule has 145 heavy (non-hydrogen) atoms. The lowest BCUT2D eigenvalue weighted by atomic mass is 10.1. The van der Waals surface area contributed by atoms with Gasteiger partial charge in [0.05, 0.1) is 68.8 Å². The standard InChI is InChI=1S/C27H24F2IN3O6.C26H26F2IN3O5.C21H18F4IN3O8S.C20H19FIN3O6/c1-14-17(28)6-5-7-20(14)38-21-11-22(34)31(4)24-23(21)25(35)32(12-16-13-37-27(2,3)39-16)26(36)33(24)19-9-8-15(30)10-18(19)29;1-14-17(27)6-5-7-20(14)36-21-11-22(33)32(4)24(31-19-9-8-15(29)10-18(19)28)23(21)25(34)30-12-16-13-35-26(2,3)37-16;1-20(2)35-9-11(36-20)8-28-18(31)16-14(37-38(33,34)21(23,24)25)7-15(30)27(3)17(16)29(19(28)32)13-5-4-10(26)6-12(13)22;1-20(2)30-9-11(31-20)8-24-18(28)16-14(26)7-15(27)23(3)17(16)25(19(24)29)13-5-4-10(22)6-12(13)21/h5-11,16H,12-13H2,1-4H3;5-11,16,31H,12-13H2,1-4H3,(H,30,34);4-7,11H,8-9H2,1-3H3;4-7,11,26H,8-9H2,1-3H3/t2*16-;2*11-/m0000/s1. The van der Waals surface area contributed by atoms with E-state index < -0.39 is 195 Å². The van der Waals surface area contributed by atoms with E-state index in [9.17, 15) is 97.0 Å². The molecule has 0 bridgehead atoms. The van der Waals surface area contributed by atoms with E-state index in [-0.39, 0.29) is 131 Å². The first kappa shape index (κ1) is 109. The molecule has 0 aliphatic carbocycles. The molecule has 4 atom stereocenters. The zero-order chi connectivity index (χ0) is 106. The van der Waals surface area contributed by atoms with Crippen LogP contribution in [0, 0.1) is 63.0 Å². The molecule has 6 aromatic carbocycles. The van der Waals surface area contributed by atoms with Gasteiger partial charge in [0, 0.05) is 84.4 Å². The minimum absolute atomic E-state index is 0.00177. The molecule has 17 rings (SSSR count). The van der Waals surface area contributed by atoms with Crippen molar-refractivity contribution in [3.63, 3.8) is 0 Å². The van der Waals surface area contributed by atoms with Crippen molar-refractivity contribution < 1.29 is 109 Å². The number of carbonyl (C=O) groups excluding carboxylic acids is 1. The molecule has 37 nitrogen and oxygen atoms in total. The first-order valence-corrected chi connectivity index (χ1v) is 49.1. The number of nitrogens with one attached hydrogen (secondary N) is 2. The highest BCUT2D eigenvalue weighted by Crippen LogP contribution is 2.39. The van der Waals surface area contributed by atoms with Crippen molar-refractivity contribution in [2.45, 2.75) is 142 Å². The second kappa shape index (κ2) is 42.3. The molecule has 1 amide bonds. The Labute approximate surface area is 867 Å². The van der Waals surface area contributed by atoms with Gasteiger partial charge in [-0.1, -0.05) is 12.1 Å². The molecule has 4 aliphatic rings. The van der Waals surface area contributed by atoms with E-state index in [0.717, 1.165) is 64.8 Å². The number of nitrogens with zero attached hydrogens (tertiary/aromatic N) is 10. The van der Waals surface area contributed by atoms with Crippen molar-refractivity contribution >= 4 is 151 Å². The zero-order valence-corrected chi connectivity index (χ0v) is 88.2.